The summed E-state index contributed by atoms with van der Waals surface area (Å²) in [7, 11) is 1.65. The SMILES string of the molecule is C=C(C(=O)c1ccccc1)[C@@H]1CC[C@@H](C(C)C(=O)Oc2c(C(C)(C)C)cc(OC)cc2C(C)(C)C)O1. The van der Waals surface area contributed by atoms with Gasteiger partial charge in [-0.1, -0.05) is 78.5 Å². The maximum absolute atomic E-state index is 13.4. The van der Waals surface area contributed by atoms with Gasteiger partial charge in [0.05, 0.1) is 25.2 Å². The molecule has 1 aliphatic rings. The van der Waals surface area contributed by atoms with Crippen molar-refractivity contribution in [2.45, 2.75) is 84.3 Å². The molecule has 5 heteroatoms. The van der Waals surface area contributed by atoms with Crippen molar-refractivity contribution in [1.82, 2.24) is 0 Å². The van der Waals surface area contributed by atoms with Crippen molar-refractivity contribution in [2.24, 2.45) is 5.92 Å². The summed E-state index contributed by atoms with van der Waals surface area (Å²) in [6, 6.07) is 13.0. The van der Waals surface area contributed by atoms with E-state index in [4.69, 9.17) is 14.2 Å². The second-order valence-electron chi connectivity index (χ2n) is 11.7. The largest absolute Gasteiger partial charge is 0.497 e. The van der Waals surface area contributed by atoms with Gasteiger partial charge in [0, 0.05) is 22.3 Å². The van der Waals surface area contributed by atoms with Crippen LogP contribution < -0.4 is 9.47 Å². The molecule has 0 aromatic heterocycles. The zero-order valence-electron chi connectivity index (χ0n) is 22.9. The highest BCUT2D eigenvalue weighted by atomic mass is 16.5. The molecule has 0 saturated carbocycles. The number of methoxy groups -OCH3 is 1. The average molecular weight is 493 g/mol. The van der Waals surface area contributed by atoms with E-state index < -0.39 is 12.0 Å². The van der Waals surface area contributed by atoms with Gasteiger partial charge in [-0.25, -0.2) is 0 Å². The molecular formula is C31H40O5. The van der Waals surface area contributed by atoms with E-state index in [1.165, 1.54) is 0 Å². The Balaban J connectivity index is 1.80. The summed E-state index contributed by atoms with van der Waals surface area (Å²) in [4.78, 5) is 26.2. The van der Waals surface area contributed by atoms with Gasteiger partial charge in [-0.05, 0) is 42.7 Å². The Kier molecular flexibility index (Phi) is 8.14. The van der Waals surface area contributed by atoms with E-state index in [0.29, 0.717) is 29.7 Å². The van der Waals surface area contributed by atoms with Crippen LogP contribution in [0.4, 0.5) is 0 Å². The van der Waals surface area contributed by atoms with Crippen LogP contribution in [0.2, 0.25) is 0 Å². The minimum atomic E-state index is -0.502. The molecule has 1 fully saturated rings. The van der Waals surface area contributed by atoms with Gasteiger partial charge in [0.1, 0.15) is 11.5 Å². The predicted molar refractivity (Wildman–Crippen MR) is 143 cm³/mol. The van der Waals surface area contributed by atoms with Crippen molar-refractivity contribution in [3.8, 4) is 11.5 Å². The smallest absolute Gasteiger partial charge is 0.316 e. The highest BCUT2D eigenvalue weighted by molar-refractivity contribution is 6.08. The first kappa shape index (κ1) is 27.7. The van der Waals surface area contributed by atoms with E-state index in [0.717, 1.165) is 16.9 Å². The Hall–Kier alpha value is -2.92. The number of hydrogen-bond donors (Lipinski definition) is 0. The van der Waals surface area contributed by atoms with Crippen molar-refractivity contribution < 1.29 is 23.8 Å². The Bertz CT molecular complexity index is 1080. The Morgan fingerprint density at radius 2 is 1.53 bits per heavy atom. The zero-order chi connectivity index (χ0) is 26.8. The maximum Gasteiger partial charge on any atom is 0.316 e. The highest BCUT2D eigenvalue weighted by Gasteiger charge is 2.38. The number of hydrogen-bond acceptors (Lipinski definition) is 5. The monoisotopic (exact) mass is 492 g/mol. The summed E-state index contributed by atoms with van der Waals surface area (Å²) in [5.74, 6) is 0.352. The molecule has 36 heavy (non-hydrogen) atoms. The standard InChI is InChI=1S/C31H40O5/c1-19(27(32)21-13-11-10-12-14-21)25-15-16-26(35-25)20(2)29(33)36-28-23(30(3,4)5)17-22(34-9)18-24(28)31(6,7)8/h10-14,17-18,20,25-26H,1,15-16H2,2-9H3/t20?,25-,26-/m0/s1. The molecule has 3 rings (SSSR count). The van der Waals surface area contributed by atoms with E-state index in [1.54, 1.807) is 19.2 Å². The van der Waals surface area contributed by atoms with Crippen LogP contribution in [-0.4, -0.2) is 31.1 Å². The average Bonchev–Trinajstić information content (AvgIpc) is 3.32. The molecule has 0 N–H and O–H groups in total. The molecule has 3 atom stereocenters. The number of benzene rings is 2. The summed E-state index contributed by atoms with van der Waals surface area (Å²) >= 11 is 0. The second kappa shape index (κ2) is 10.6. The lowest BCUT2D eigenvalue weighted by Crippen LogP contribution is -2.32. The summed E-state index contributed by atoms with van der Waals surface area (Å²) in [6.45, 7) is 18.4. The minimum absolute atomic E-state index is 0.126. The Morgan fingerprint density at radius 1 is 0.972 bits per heavy atom. The lowest BCUT2D eigenvalue weighted by molar-refractivity contribution is -0.143. The van der Waals surface area contributed by atoms with Crippen LogP contribution in [0.5, 0.6) is 11.5 Å². The number of carbonyl (C=O) groups is 2. The first-order valence-electron chi connectivity index (χ1n) is 12.6. The number of ketones is 1. The summed E-state index contributed by atoms with van der Waals surface area (Å²) in [6.07, 6.45) is 0.539. The fourth-order valence-corrected chi connectivity index (χ4v) is 4.50. The van der Waals surface area contributed by atoms with Crippen LogP contribution in [0, 0.1) is 5.92 Å². The molecule has 1 saturated heterocycles. The third-order valence-electron chi connectivity index (χ3n) is 6.82. The van der Waals surface area contributed by atoms with E-state index in [-0.39, 0.29) is 28.7 Å². The first-order chi connectivity index (χ1) is 16.7. The van der Waals surface area contributed by atoms with E-state index in [9.17, 15) is 9.59 Å². The highest BCUT2D eigenvalue weighted by Crippen LogP contribution is 2.43. The molecule has 0 radical (unpaired) electrons. The third-order valence-corrected chi connectivity index (χ3v) is 6.82. The minimum Gasteiger partial charge on any atom is -0.497 e. The molecule has 1 aliphatic heterocycles. The summed E-state index contributed by atoms with van der Waals surface area (Å²) in [5.41, 5.74) is 2.31. The number of rotatable bonds is 7. The van der Waals surface area contributed by atoms with Gasteiger partial charge in [0.2, 0.25) is 0 Å². The van der Waals surface area contributed by atoms with Crippen LogP contribution in [0.1, 0.15) is 82.8 Å². The molecule has 5 nitrogen and oxygen atoms in total. The summed E-state index contributed by atoms with van der Waals surface area (Å²) < 4.78 is 17.9. The lowest BCUT2D eigenvalue weighted by Gasteiger charge is -2.30. The fraction of sp³-hybridized carbons (Fsp3) is 0.484. The van der Waals surface area contributed by atoms with Crippen LogP contribution in [-0.2, 0) is 20.4 Å². The molecule has 1 heterocycles. The van der Waals surface area contributed by atoms with Crippen LogP contribution >= 0.6 is 0 Å². The van der Waals surface area contributed by atoms with Crippen molar-refractivity contribution in [2.75, 3.05) is 7.11 Å². The molecule has 2 aromatic rings. The van der Waals surface area contributed by atoms with Crippen molar-refractivity contribution in [3.05, 3.63) is 71.3 Å². The molecule has 0 aliphatic carbocycles. The molecular weight excluding hydrogens is 452 g/mol. The Labute approximate surface area is 215 Å². The predicted octanol–water partition coefficient (Wildman–Crippen LogP) is 6.82. The molecule has 0 bridgehead atoms. The van der Waals surface area contributed by atoms with Gasteiger partial charge in [-0.2, -0.15) is 0 Å². The number of carbonyl (C=O) groups excluding carboxylic acids is 2. The maximum atomic E-state index is 13.4. The number of Topliss-reactive ketones (excluding diaryl/α,β-unsaturated/α-hetero) is 1. The van der Waals surface area contributed by atoms with Crippen LogP contribution in [0.3, 0.4) is 0 Å². The van der Waals surface area contributed by atoms with Crippen LogP contribution in [0.25, 0.3) is 0 Å². The molecule has 2 aromatic carbocycles. The van der Waals surface area contributed by atoms with Crippen molar-refractivity contribution >= 4 is 11.8 Å². The molecule has 0 spiro atoms. The van der Waals surface area contributed by atoms with E-state index in [2.05, 4.69) is 48.1 Å². The van der Waals surface area contributed by atoms with Gasteiger partial charge in [0.25, 0.3) is 0 Å². The number of ether oxygens (including phenoxy) is 3. The van der Waals surface area contributed by atoms with Crippen molar-refractivity contribution in [1.29, 1.82) is 0 Å². The molecule has 0 amide bonds. The number of esters is 1. The summed E-state index contributed by atoms with van der Waals surface area (Å²) in [5, 5.41) is 0. The molecule has 194 valence electrons. The fourth-order valence-electron chi connectivity index (χ4n) is 4.50. The topological polar surface area (TPSA) is 61.8 Å². The third kappa shape index (κ3) is 6.07. The van der Waals surface area contributed by atoms with Gasteiger partial charge in [0.15, 0.2) is 5.78 Å². The van der Waals surface area contributed by atoms with E-state index in [1.807, 2.05) is 37.3 Å². The van der Waals surface area contributed by atoms with Gasteiger partial charge in [-0.3, -0.25) is 9.59 Å². The van der Waals surface area contributed by atoms with Gasteiger partial charge < -0.3 is 14.2 Å². The van der Waals surface area contributed by atoms with E-state index >= 15 is 0 Å². The van der Waals surface area contributed by atoms with Gasteiger partial charge >= 0.3 is 5.97 Å². The Morgan fingerprint density at radius 3 is 2.03 bits per heavy atom. The van der Waals surface area contributed by atoms with Crippen LogP contribution in [0.15, 0.2) is 54.6 Å². The first-order valence-corrected chi connectivity index (χ1v) is 12.6. The quantitative estimate of drug-likeness (QED) is 0.184. The van der Waals surface area contributed by atoms with Gasteiger partial charge in [-0.15, -0.1) is 0 Å². The van der Waals surface area contributed by atoms with Crippen molar-refractivity contribution in [3.63, 3.8) is 0 Å². The molecule has 1 unspecified atom stereocenters. The normalized spacial score (nSPS) is 19.0. The zero-order valence-corrected chi connectivity index (χ0v) is 22.9. The lowest BCUT2D eigenvalue weighted by atomic mass is 9.79. The second-order valence-corrected chi connectivity index (χ2v) is 11.7.